The highest BCUT2D eigenvalue weighted by Crippen LogP contribution is 2.25. The maximum Gasteiger partial charge on any atom is 0.253 e. The summed E-state index contributed by atoms with van der Waals surface area (Å²) in [6.07, 6.45) is 5.45. The quantitative estimate of drug-likeness (QED) is 0.856. The topological polar surface area (TPSA) is 51.0 Å². The van der Waals surface area contributed by atoms with E-state index < -0.39 is 0 Å². The second kappa shape index (κ2) is 6.14. The average Bonchev–Trinajstić information content (AvgIpc) is 3.08. The molecule has 0 N–H and O–H groups in total. The van der Waals surface area contributed by atoms with Crippen molar-refractivity contribution < 1.29 is 4.79 Å². The zero-order chi connectivity index (χ0) is 16.4. The number of likely N-dealkylation sites (tertiary alicyclic amines) is 1. The number of hydrogen-bond donors (Lipinski definition) is 0. The second-order valence-corrected chi connectivity index (χ2v) is 7.23. The van der Waals surface area contributed by atoms with E-state index in [0.29, 0.717) is 6.04 Å². The fraction of sp³-hybridized carbons (Fsp3) is 0.500. The molecule has 23 heavy (non-hydrogen) atoms. The molecule has 0 atom stereocenters. The molecule has 0 unspecified atom stereocenters. The van der Waals surface area contributed by atoms with Gasteiger partial charge in [-0.3, -0.25) is 4.79 Å². The molecular formula is C18H24N4O. The van der Waals surface area contributed by atoms with Gasteiger partial charge in [-0.25, -0.2) is 4.68 Å². The molecule has 0 radical (unpaired) electrons. The van der Waals surface area contributed by atoms with Crippen molar-refractivity contribution >= 4 is 5.91 Å². The molecule has 5 heteroatoms. The summed E-state index contributed by atoms with van der Waals surface area (Å²) in [5, 5.41) is 7.92. The van der Waals surface area contributed by atoms with Gasteiger partial charge in [-0.1, -0.05) is 38.1 Å². The number of carbonyl (C=O) groups is 1. The molecule has 1 aromatic carbocycles. The third-order valence-electron chi connectivity index (χ3n) is 4.56. The number of aromatic nitrogens is 3. The molecule has 1 amide bonds. The summed E-state index contributed by atoms with van der Waals surface area (Å²) in [5.41, 5.74) is 2.13. The van der Waals surface area contributed by atoms with E-state index in [1.165, 1.54) is 5.56 Å². The average molecular weight is 312 g/mol. The van der Waals surface area contributed by atoms with Gasteiger partial charge < -0.3 is 4.90 Å². The number of piperidine rings is 1. The van der Waals surface area contributed by atoms with Gasteiger partial charge in [-0.2, -0.15) is 0 Å². The minimum absolute atomic E-state index is 0.109. The smallest absolute Gasteiger partial charge is 0.253 e. The lowest BCUT2D eigenvalue weighted by atomic mass is 9.86. The number of rotatable bonds is 2. The van der Waals surface area contributed by atoms with Crippen LogP contribution in [0.25, 0.3) is 0 Å². The number of nitrogens with zero attached hydrogens (tertiary/aromatic N) is 4. The van der Waals surface area contributed by atoms with Crippen LogP contribution < -0.4 is 0 Å². The molecule has 0 spiro atoms. The summed E-state index contributed by atoms with van der Waals surface area (Å²) in [6, 6.07) is 8.38. The summed E-state index contributed by atoms with van der Waals surface area (Å²) in [7, 11) is 0. The molecule has 1 aromatic heterocycles. The maximum absolute atomic E-state index is 12.6. The van der Waals surface area contributed by atoms with Gasteiger partial charge in [0.15, 0.2) is 0 Å². The first kappa shape index (κ1) is 15.7. The molecular weight excluding hydrogens is 288 g/mol. The van der Waals surface area contributed by atoms with Gasteiger partial charge in [0.25, 0.3) is 5.91 Å². The predicted molar refractivity (Wildman–Crippen MR) is 89.3 cm³/mol. The molecule has 1 aliphatic heterocycles. The lowest BCUT2D eigenvalue weighted by Gasteiger charge is -2.32. The minimum Gasteiger partial charge on any atom is -0.338 e. The van der Waals surface area contributed by atoms with Crippen LogP contribution in [0.1, 0.15) is 55.6 Å². The van der Waals surface area contributed by atoms with Crippen molar-refractivity contribution in [3.05, 3.63) is 47.8 Å². The fourth-order valence-electron chi connectivity index (χ4n) is 3.04. The Morgan fingerprint density at radius 1 is 1.13 bits per heavy atom. The Hall–Kier alpha value is -2.17. The van der Waals surface area contributed by atoms with Crippen molar-refractivity contribution in [2.45, 2.75) is 45.1 Å². The van der Waals surface area contributed by atoms with Crippen LogP contribution in [0.2, 0.25) is 0 Å². The van der Waals surface area contributed by atoms with Gasteiger partial charge in [0.2, 0.25) is 0 Å². The van der Waals surface area contributed by atoms with Crippen molar-refractivity contribution in [3.63, 3.8) is 0 Å². The van der Waals surface area contributed by atoms with Gasteiger partial charge in [0.1, 0.15) is 0 Å². The predicted octanol–water partition coefficient (Wildman–Crippen LogP) is 3.05. The van der Waals surface area contributed by atoms with Crippen LogP contribution in [0.3, 0.4) is 0 Å². The van der Waals surface area contributed by atoms with Crippen LogP contribution in [0.5, 0.6) is 0 Å². The Morgan fingerprint density at radius 2 is 1.78 bits per heavy atom. The summed E-state index contributed by atoms with van der Waals surface area (Å²) in [6.45, 7) is 8.07. The van der Waals surface area contributed by atoms with Crippen molar-refractivity contribution in [2.75, 3.05) is 13.1 Å². The van der Waals surface area contributed by atoms with Crippen molar-refractivity contribution in [2.24, 2.45) is 0 Å². The van der Waals surface area contributed by atoms with Crippen molar-refractivity contribution in [3.8, 4) is 0 Å². The van der Waals surface area contributed by atoms with E-state index in [0.717, 1.165) is 31.5 Å². The number of benzene rings is 1. The molecule has 2 aromatic rings. The molecule has 5 nitrogen and oxygen atoms in total. The molecule has 122 valence electrons. The molecule has 1 saturated heterocycles. The van der Waals surface area contributed by atoms with Gasteiger partial charge in [0.05, 0.1) is 12.2 Å². The van der Waals surface area contributed by atoms with E-state index in [4.69, 9.17) is 0 Å². The molecule has 0 saturated carbocycles. The third-order valence-corrected chi connectivity index (χ3v) is 4.56. The van der Waals surface area contributed by atoms with Crippen LogP contribution in [0.15, 0.2) is 36.7 Å². The van der Waals surface area contributed by atoms with Crippen LogP contribution in [-0.4, -0.2) is 38.9 Å². The van der Waals surface area contributed by atoms with Crippen LogP contribution in [0, 0.1) is 0 Å². The second-order valence-electron chi connectivity index (χ2n) is 7.23. The highest BCUT2D eigenvalue weighted by atomic mass is 16.2. The van der Waals surface area contributed by atoms with E-state index in [1.54, 1.807) is 6.20 Å². The summed E-state index contributed by atoms with van der Waals surface area (Å²) in [5.74, 6) is 0.127. The van der Waals surface area contributed by atoms with E-state index in [2.05, 4.69) is 43.2 Å². The van der Waals surface area contributed by atoms with E-state index >= 15 is 0 Å². The Labute approximate surface area is 137 Å². The van der Waals surface area contributed by atoms with Gasteiger partial charge in [0, 0.05) is 24.8 Å². The zero-order valence-corrected chi connectivity index (χ0v) is 14.1. The Bertz CT molecular complexity index is 647. The molecule has 0 bridgehead atoms. The third kappa shape index (κ3) is 3.44. The zero-order valence-electron chi connectivity index (χ0n) is 14.1. The van der Waals surface area contributed by atoms with E-state index in [1.807, 2.05) is 27.9 Å². The van der Waals surface area contributed by atoms with Gasteiger partial charge in [-0.15, -0.1) is 5.10 Å². The van der Waals surface area contributed by atoms with Gasteiger partial charge >= 0.3 is 0 Å². The monoisotopic (exact) mass is 312 g/mol. The molecule has 1 fully saturated rings. The van der Waals surface area contributed by atoms with Crippen LogP contribution in [0.4, 0.5) is 0 Å². The fourth-order valence-corrected chi connectivity index (χ4v) is 3.04. The lowest BCUT2D eigenvalue weighted by molar-refractivity contribution is 0.0689. The SMILES string of the molecule is CC(C)(C)c1ccc(C(=O)N2CCC(n3ccnn3)CC2)cc1. The van der Waals surface area contributed by atoms with Gasteiger partial charge in [-0.05, 0) is 36.0 Å². The summed E-state index contributed by atoms with van der Waals surface area (Å²) < 4.78 is 1.90. The molecule has 0 aliphatic carbocycles. The van der Waals surface area contributed by atoms with Crippen LogP contribution >= 0.6 is 0 Å². The molecule has 2 heterocycles. The maximum atomic E-state index is 12.6. The summed E-state index contributed by atoms with van der Waals surface area (Å²) in [4.78, 5) is 14.6. The summed E-state index contributed by atoms with van der Waals surface area (Å²) >= 11 is 0. The normalized spacial score (nSPS) is 16.6. The number of hydrogen-bond acceptors (Lipinski definition) is 3. The largest absolute Gasteiger partial charge is 0.338 e. The van der Waals surface area contributed by atoms with E-state index in [9.17, 15) is 4.79 Å². The van der Waals surface area contributed by atoms with Crippen molar-refractivity contribution in [1.29, 1.82) is 0 Å². The number of amides is 1. The Balaban J connectivity index is 1.63. The number of carbonyl (C=O) groups excluding carboxylic acids is 1. The Morgan fingerprint density at radius 3 is 2.30 bits per heavy atom. The standard InChI is InChI=1S/C18H24N4O/c1-18(2,3)15-6-4-14(5-7-15)17(23)21-11-8-16(9-12-21)22-13-10-19-20-22/h4-7,10,13,16H,8-9,11-12H2,1-3H3. The molecule has 3 rings (SSSR count). The first-order chi connectivity index (χ1) is 10.9. The Kier molecular flexibility index (Phi) is 4.20. The van der Waals surface area contributed by atoms with Crippen LogP contribution in [-0.2, 0) is 5.41 Å². The van der Waals surface area contributed by atoms with E-state index in [-0.39, 0.29) is 11.3 Å². The minimum atomic E-state index is 0.109. The highest BCUT2D eigenvalue weighted by molar-refractivity contribution is 5.94. The lowest BCUT2D eigenvalue weighted by Crippen LogP contribution is -2.39. The first-order valence-corrected chi connectivity index (χ1v) is 8.21. The highest BCUT2D eigenvalue weighted by Gasteiger charge is 2.25. The van der Waals surface area contributed by atoms with Crippen molar-refractivity contribution in [1.82, 2.24) is 19.9 Å². The molecule has 1 aliphatic rings. The first-order valence-electron chi connectivity index (χ1n) is 8.21.